The van der Waals surface area contributed by atoms with Gasteiger partial charge in [0, 0.05) is 57.6 Å². The van der Waals surface area contributed by atoms with E-state index in [9.17, 15) is 22.8 Å². The predicted molar refractivity (Wildman–Crippen MR) is 178 cm³/mol. The third-order valence-electron chi connectivity index (χ3n) is 9.00. The minimum absolute atomic E-state index is 0.0370. The molecule has 1 saturated carbocycles. The number of carbonyl (C=O) groups is 2. The summed E-state index contributed by atoms with van der Waals surface area (Å²) in [6.45, 7) is 11.5. The van der Waals surface area contributed by atoms with Crippen LogP contribution in [0.3, 0.4) is 0 Å². The molecule has 0 radical (unpaired) electrons. The van der Waals surface area contributed by atoms with Crippen molar-refractivity contribution in [3.63, 3.8) is 0 Å². The Labute approximate surface area is 278 Å². The second-order valence-corrected chi connectivity index (χ2v) is 12.3. The van der Waals surface area contributed by atoms with Crippen molar-refractivity contribution in [3.05, 3.63) is 65.5 Å². The minimum Gasteiger partial charge on any atom is -0.481 e. The number of methoxy groups -OCH3 is 1. The van der Waals surface area contributed by atoms with Crippen LogP contribution >= 0.6 is 0 Å². The van der Waals surface area contributed by atoms with Gasteiger partial charge in [-0.05, 0) is 61.4 Å². The molecular weight excluding hydrogens is 625 g/mol. The first kappa shape index (κ1) is 34.6. The molecule has 0 spiro atoms. The number of benzene rings is 1. The molecule has 1 aliphatic heterocycles. The number of hydrogen-bond acceptors (Lipinski definition) is 9. The Bertz CT molecular complexity index is 1680. The number of anilines is 5. The molecule has 1 saturated heterocycles. The SMILES string of the molecule is C=CC(=O)Nc1c(Nc2nc(Nc3cc(OC)ncc3C)ncc2C(F)(F)F)ccc(CN2CCN(C(C)=O)C[C@@H]2C)c1C1CCCC1. The van der Waals surface area contributed by atoms with Crippen LogP contribution in [0, 0.1) is 6.92 Å². The van der Waals surface area contributed by atoms with Crippen LogP contribution in [-0.2, 0) is 22.3 Å². The number of nitrogens with zero attached hydrogens (tertiary/aromatic N) is 5. The Hall–Kier alpha value is -4.72. The zero-order chi connectivity index (χ0) is 34.6. The number of halogens is 3. The van der Waals surface area contributed by atoms with Crippen molar-refractivity contribution in [2.45, 2.75) is 71.1 Å². The van der Waals surface area contributed by atoms with Crippen LogP contribution < -0.4 is 20.7 Å². The Morgan fingerprint density at radius 2 is 1.85 bits per heavy atom. The molecule has 14 heteroatoms. The van der Waals surface area contributed by atoms with E-state index in [-0.39, 0.29) is 29.5 Å². The van der Waals surface area contributed by atoms with Crippen LogP contribution in [0.25, 0.3) is 0 Å². The Morgan fingerprint density at radius 1 is 1.10 bits per heavy atom. The van der Waals surface area contributed by atoms with E-state index >= 15 is 0 Å². The third kappa shape index (κ3) is 7.87. The highest BCUT2D eigenvalue weighted by molar-refractivity contribution is 6.02. The summed E-state index contributed by atoms with van der Waals surface area (Å²) in [4.78, 5) is 41.3. The fraction of sp³-hybridized carbons (Fsp3) is 0.441. The summed E-state index contributed by atoms with van der Waals surface area (Å²) in [5, 5.41) is 8.79. The second kappa shape index (κ2) is 14.6. The van der Waals surface area contributed by atoms with Gasteiger partial charge >= 0.3 is 6.18 Å². The predicted octanol–water partition coefficient (Wildman–Crippen LogP) is 6.53. The van der Waals surface area contributed by atoms with Crippen LogP contribution in [0.4, 0.5) is 42.0 Å². The molecule has 48 heavy (non-hydrogen) atoms. The normalized spacial score (nSPS) is 17.2. The Kier molecular flexibility index (Phi) is 10.5. The van der Waals surface area contributed by atoms with Crippen molar-refractivity contribution >= 4 is 40.6 Å². The number of nitrogens with one attached hydrogen (secondary N) is 3. The number of piperazine rings is 1. The average Bonchev–Trinajstić information content (AvgIpc) is 3.58. The van der Waals surface area contributed by atoms with Gasteiger partial charge in [0.2, 0.25) is 23.6 Å². The van der Waals surface area contributed by atoms with Gasteiger partial charge in [-0.3, -0.25) is 14.5 Å². The van der Waals surface area contributed by atoms with Crippen molar-refractivity contribution in [3.8, 4) is 5.88 Å². The molecule has 2 amide bonds. The molecule has 3 N–H and O–H groups in total. The van der Waals surface area contributed by atoms with E-state index in [1.807, 2.05) is 11.0 Å². The molecule has 0 bridgehead atoms. The molecule has 3 aromatic rings. The molecule has 256 valence electrons. The van der Waals surface area contributed by atoms with Crippen molar-refractivity contribution in [1.29, 1.82) is 0 Å². The van der Waals surface area contributed by atoms with Gasteiger partial charge in [0.15, 0.2) is 0 Å². The first-order chi connectivity index (χ1) is 22.9. The topological polar surface area (TPSA) is 125 Å². The minimum atomic E-state index is -4.77. The summed E-state index contributed by atoms with van der Waals surface area (Å²) < 4.78 is 48.2. The lowest BCUT2D eigenvalue weighted by molar-refractivity contribution is -0.137. The molecule has 2 aliphatic rings. The molecule has 1 aliphatic carbocycles. The van der Waals surface area contributed by atoms with E-state index in [2.05, 4.69) is 49.3 Å². The van der Waals surface area contributed by atoms with E-state index in [4.69, 9.17) is 4.74 Å². The Morgan fingerprint density at radius 3 is 2.50 bits per heavy atom. The summed E-state index contributed by atoms with van der Waals surface area (Å²) in [5.74, 6) is -0.608. The zero-order valence-electron chi connectivity index (χ0n) is 27.6. The summed E-state index contributed by atoms with van der Waals surface area (Å²) in [6, 6.07) is 5.27. The van der Waals surface area contributed by atoms with E-state index in [0.29, 0.717) is 49.0 Å². The first-order valence-corrected chi connectivity index (χ1v) is 16.0. The first-order valence-electron chi connectivity index (χ1n) is 16.0. The highest BCUT2D eigenvalue weighted by Gasteiger charge is 2.36. The van der Waals surface area contributed by atoms with E-state index < -0.39 is 23.5 Å². The number of aryl methyl sites for hydroxylation is 1. The van der Waals surface area contributed by atoms with Gasteiger partial charge in [-0.25, -0.2) is 9.97 Å². The fourth-order valence-electron chi connectivity index (χ4n) is 6.37. The maximum Gasteiger partial charge on any atom is 0.421 e. The molecule has 1 atom stereocenters. The highest BCUT2D eigenvalue weighted by Crippen LogP contribution is 2.45. The summed E-state index contributed by atoms with van der Waals surface area (Å²) >= 11 is 0. The molecule has 2 fully saturated rings. The average molecular weight is 667 g/mol. The zero-order valence-corrected chi connectivity index (χ0v) is 27.6. The van der Waals surface area contributed by atoms with E-state index in [1.54, 1.807) is 32.2 Å². The summed E-state index contributed by atoms with van der Waals surface area (Å²) in [5.41, 5.74) is 2.67. The summed E-state index contributed by atoms with van der Waals surface area (Å²) in [7, 11) is 1.46. The van der Waals surface area contributed by atoms with Crippen LogP contribution in [0.2, 0.25) is 0 Å². The number of aromatic nitrogens is 3. The lowest BCUT2D eigenvalue weighted by Gasteiger charge is -2.40. The quantitative estimate of drug-likeness (QED) is 0.207. The smallest absolute Gasteiger partial charge is 0.421 e. The van der Waals surface area contributed by atoms with Gasteiger partial charge in [-0.15, -0.1) is 0 Å². The third-order valence-corrected chi connectivity index (χ3v) is 9.00. The van der Waals surface area contributed by atoms with E-state index in [1.165, 1.54) is 7.11 Å². The van der Waals surface area contributed by atoms with E-state index in [0.717, 1.165) is 49.1 Å². The standard InChI is InChI=1S/C34H41F3N8O3/c1-6-28(47)42-31-26(12-11-24(30(31)23-9-7-8-10-23)19-44-13-14-45(22(4)46)18-21(44)3)40-32-25(34(35,36)37)17-39-33(43-32)41-27-15-29(48-5)38-16-20(27)2/h6,11-12,15-17,21,23H,1,7-10,13-14,18-19H2,2-5H3,(H,42,47)(H2,38,39,40,41,43)/t21-/m0/s1. The molecule has 1 aromatic carbocycles. The number of pyridine rings is 1. The van der Waals surface area contributed by atoms with Gasteiger partial charge < -0.3 is 25.6 Å². The monoisotopic (exact) mass is 666 g/mol. The molecule has 3 heterocycles. The van der Waals surface area contributed by atoms with Crippen LogP contribution in [0.15, 0.2) is 43.2 Å². The van der Waals surface area contributed by atoms with Gasteiger partial charge in [0.1, 0.15) is 11.4 Å². The number of rotatable bonds is 10. The molecule has 5 rings (SSSR count). The molecular formula is C34H41F3N8O3. The van der Waals surface area contributed by atoms with Crippen molar-refractivity contribution in [2.24, 2.45) is 0 Å². The molecule has 2 aromatic heterocycles. The van der Waals surface area contributed by atoms with Gasteiger partial charge in [0.25, 0.3) is 0 Å². The van der Waals surface area contributed by atoms with Gasteiger partial charge in [0.05, 0.1) is 24.2 Å². The lowest BCUT2D eigenvalue weighted by atomic mass is 9.89. The van der Waals surface area contributed by atoms with Crippen LogP contribution in [0.1, 0.15) is 67.7 Å². The van der Waals surface area contributed by atoms with Gasteiger partial charge in [-0.1, -0.05) is 25.5 Å². The van der Waals surface area contributed by atoms with Gasteiger partial charge in [-0.2, -0.15) is 18.2 Å². The molecule has 0 unspecified atom stereocenters. The Balaban J connectivity index is 1.57. The van der Waals surface area contributed by atoms with Crippen molar-refractivity contribution in [2.75, 3.05) is 42.7 Å². The van der Waals surface area contributed by atoms with Crippen molar-refractivity contribution in [1.82, 2.24) is 24.8 Å². The maximum atomic E-state index is 14.3. The number of hydrogen-bond donors (Lipinski definition) is 3. The molecule has 11 nitrogen and oxygen atoms in total. The van der Waals surface area contributed by atoms with Crippen LogP contribution in [0.5, 0.6) is 5.88 Å². The lowest BCUT2D eigenvalue weighted by Crippen LogP contribution is -2.52. The fourth-order valence-corrected chi connectivity index (χ4v) is 6.37. The largest absolute Gasteiger partial charge is 0.481 e. The summed E-state index contributed by atoms with van der Waals surface area (Å²) in [6.07, 6.45) is 2.42. The second-order valence-electron chi connectivity index (χ2n) is 12.3. The number of amides is 2. The number of alkyl halides is 3. The maximum absolute atomic E-state index is 14.3. The number of ether oxygens (including phenoxy) is 1. The van der Waals surface area contributed by atoms with Crippen molar-refractivity contribution < 1.29 is 27.5 Å². The number of carbonyl (C=O) groups excluding carboxylic acids is 2. The highest BCUT2D eigenvalue weighted by atomic mass is 19.4. The van der Waals surface area contributed by atoms with Crippen LogP contribution in [-0.4, -0.2) is 69.4 Å².